The number of benzene rings is 1. The number of rotatable bonds is 7. The molecule has 3 fully saturated rings. The maximum Gasteiger partial charge on any atom is 0.272 e. The van der Waals surface area contributed by atoms with Gasteiger partial charge in [0.25, 0.3) is 11.5 Å². The van der Waals surface area contributed by atoms with Gasteiger partial charge in [-0.2, -0.15) is 5.10 Å². The molecule has 0 radical (unpaired) electrons. The molecule has 1 spiro atoms. The number of nitrogens with one attached hydrogen (secondary N) is 2. The van der Waals surface area contributed by atoms with Gasteiger partial charge in [0.05, 0.1) is 30.5 Å². The summed E-state index contributed by atoms with van der Waals surface area (Å²) in [5, 5.41) is 11.9. The van der Waals surface area contributed by atoms with Gasteiger partial charge in [-0.3, -0.25) is 18.9 Å². The van der Waals surface area contributed by atoms with Crippen molar-refractivity contribution in [2.45, 2.75) is 37.6 Å². The third kappa shape index (κ3) is 4.57. The van der Waals surface area contributed by atoms with Gasteiger partial charge in [-0.1, -0.05) is 18.2 Å². The molecule has 4 heterocycles. The van der Waals surface area contributed by atoms with Crippen molar-refractivity contribution in [1.29, 1.82) is 0 Å². The Morgan fingerprint density at radius 2 is 1.92 bits per heavy atom. The zero-order chi connectivity index (χ0) is 26.4. The molecule has 0 bridgehead atoms. The number of carbonyl (C=O) groups excluding carboxylic acids is 1. The topological polar surface area (TPSA) is 114 Å². The monoisotopic (exact) mass is 528 g/mol. The molecule has 1 aliphatic heterocycles. The molecule has 3 aromatic heterocycles. The molecule has 7 rings (SSSR count). The van der Waals surface area contributed by atoms with Gasteiger partial charge in [0, 0.05) is 49.2 Å². The summed E-state index contributed by atoms with van der Waals surface area (Å²) in [7, 11) is 0. The number of aromatic nitrogens is 4. The van der Waals surface area contributed by atoms with Gasteiger partial charge in [-0.25, -0.2) is 10.1 Å². The van der Waals surface area contributed by atoms with Gasteiger partial charge in [-0.15, -0.1) is 0 Å². The van der Waals surface area contributed by atoms with Gasteiger partial charge in [-0.05, 0) is 43.2 Å². The molecule has 1 saturated heterocycles. The van der Waals surface area contributed by atoms with Crippen molar-refractivity contribution in [3.63, 3.8) is 0 Å². The molecule has 2 saturated carbocycles. The Bertz CT molecular complexity index is 1580. The van der Waals surface area contributed by atoms with E-state index in [0.29, 0.717) is 29.3 Å². The molecule has 2 N–H and O–H groups in total. The van der Waals surface area contributed by atoms with Crippen LogP contribution in [-0.4, -0.2) is 75.9 Å². The van der Waals surface area contributed by atoms with E-state index >= 15 is 0 Å². The molecule has 1 aromatic carbocycles. The van der Waals surface area contributed by atoms with E-state index in [1.165, 1.54) is 0 Å². The molecular formula is C29H32N6O4. The highest BCUT2D eigenvalue weighted by Crippen LogP contribution is 2.62. The van der Waals surface area contributed by atoms with Crippen LogP contribution in [-0.2, 0) is 4.74 Å². The SMILES string of the molecule is O=C(N[C@H]1CC2(C1)C[C@H](c1n[nH]c(=O)c3ccccc31)C2)c1cnc2cc(OCCN3CCOCC3)ccn12. The van der Waals surface area contributed by atoms with Crippen LogP contribution in [0, 0.1) is 5.41 Å². The number of morpholine rings is 1. The Morgan fingerprint density at radius 1 is 1.13 bits per heavy atom. The van der Waals surface area contributed by atoms with E-state index < -0.39 is 0 Å². The first-order valence-corrected chi connectivity index (χ1v) is 13.8. The smallest absolute Gasteiger partial charge is 0.272 e. The Labute approximate surface area is 225 Å². The Kier molecular flexibility index (Phi) is 6.08. The molecule has 0 atom stereocenters. The first-order chi connectivity index (χ1) is 19.1. The third-order valence-corrected chi connectivity index (χ3v) is 8.66. The zero-order valence-electron chi connectivity index (χ0n) is 21.8. The predicted octanol–water partition coefficient (Wildman–Crippen LogP) is 2.74. The normalized spacial score (nSPS) is 24.9. The van der Waals surface area contributed by atoms with E-state index in [-0.39, 0.29) is 22.9 Å². The number of nitrogens with zero attached hydrogens (tertiary/aromatic N) is 4. The second kappa shape index (κ2) is 9.77. The number of fused-ring (bicyclic) bond motifs is 2. The lowest BCUT2D eigenvalue weighted by Crippen LogP contribution is -2.55. The number of carbonyl (C=O) groups is 1. The lowest BCUT2D eigenvalue weighted by atomic mass is 9.49. The number of imidazole rings is 1. The summed E-state index contributed by atoms with van der Waals surface area (Å²) in [5.41, 5.74) is 2.32. The second-order valence-electron chi connectivity index (χ2n) is 11.2. The van der Waals surface area contributed by atoms with Crippen molar-refractivity contribution in [3.05, 3.63) is 70.5 Å². The zero-order valence-corrected chi connectivity index (χ0v) is 21.8. The van der Waals surface area contributed by atoms with Crippen molar-refractivity contribution in [3.8, 4) is 5.75 Å². The van der Waals surface area contributed by atoms with Crippen LogP contribution < -0.4 is 15.6 Å². The molecule has 39 heavy (non-hydrogen) atoms. The number of hydrogen-bond donors (Lipinski definition) is 2. The number of aromatic amines is 1. The molecule has 3 aliphatic rings. The minimum atomic E-state index is -0.144. The van der Waals surface area contributed by atoms with Crippen LogP contribution in [0.4, 0.5) is 0 Å². The van der Waals surface area contributed by atoms with Crippen LogP contribution in [0.2, 0.25) is 0 Å². The van der Waals surface area contributed by atoms with E-state index in [0.717, 1.165) is 75.4 Å². The summed E-state index contributed by atoms with van der Waals surface area (Å²) >= 11 is 0. The van der Waals surface area contributed by atoms with Crippen molar-refractivity contribution >= 4 is 22.3 Å². The summed E-state index contributed by atoms with van der Waals surface area (Å²) in [6.45, 7) is 4.89. The van der Waals surface area contributed by atoms with Crippen LogP contribution in [0.5, 0.6) is 5.75 Å². The van der Waals surface area contributed by atoms with E-state index in [1.54, 1.807) is 6.20 Å². The average molecular weight is 529 g/mol. The summed E-state index contributed by atoms with van der Waals surface area (Å²) in [4.78, 5) is 32.0. The van der Waals surface area contributed by atoms with E-state index in [9.17, 15) is 9.59 Å². The highest BCUT2D eigenvalue weighted by atomic mass is 16.5. The molecule has 1 amide bonds. The van der Waals surface area contributed by atoms with E-state index in [1.807, 2.05) is 47.0 Å². The summed E-state index contributed by atoms with van der Waals surface area (Å²) in [5.74, 6) is 0.985. The Morgan fingerprint density at radius 3 is 2.74 bits per heavy atom. The van der Waals surface area contributed by atoms with Gasteiger partial charge < -0.3 is 14.8 Å². The van der Waals surface area contributed by atoms with Crippen molar-refractivity contribution < 1.29 is 14.3 Å². The molecular weight excluding hydrogens is 496 g/mol. The molecule has 2 aliphatic carbocycles. The fourth-order valence-corrected chi connectivity index (χ4v) is 6.64. The van der Waals surface area contributed by atoms with Crippen molar-refractivity contribution in [2.75, 3.05) is 39.5 Å². The first-order valence-electron chi connectivity index (χ1n) is 13.8. The summed E-state index contributed by atoms with van der Waals surface area (Å²) < 4.78 is 13.1. The highest BCUT2D eigenvalue weighted by molar-refractivity contribution is 5.93. The standard InChI is InChI=1S/C29H32N6O4/c36-27-23-4-2-1-3-22(23)26(32-33-27)19-14-29(15-19)16-20(17-29)31-28(37)24-18-30-25-13-21(5-6-35(24)25)39-12-9-34-7-10-38-11-8-34/h1-6,13,18-20H,7-12,14-17H2,(H,31,37)(H,33,36)/t19-,20-,29?. The second-order valence-corrected chi connectivity index (χ2v) is 11.2. The molecule has 10 heteroatoms. The van der Waals surface area contributed by atoms with Crippen LogP contribution in [0.25, 0.3) is 16.4 Å². The lowest BCUT2D eigenvalue weighted by molar-refractivity contribution is -0.0197. The number of amides is 1. The number of pyridine rings is 1. The van der Waals surface area contributed by atoms with Crippen LogP contribution in [0.3, 0.4) is 0 Å². The van der Waals surface area contributed by atoms with Crippen LogP contribution in [0.1, 0.15) is 47.8 Å². The highest BCUT2D eigenvalue weighted by Gasteiger charge is 2.54. The minimum Gasteiger partial charge on any atom is -0.492 e. The third-order valence-electron chi connectivity index (χ3n) is 8.66. The van der Waals surface area contributed by atoms with Crippen LogP contribution in [0.15, 0.2) is 53.6 Å². The van der Waals surface area contributed by atoms with E-state index in [2.05, 4.69) is 25.4 Å². The van der Waals surface area contributed by atoms with Gasteiger partial charge in [0.1, 0.15) is 23.7 Å². The average Bonchev–Trinajstić information content (AvgIpc) is 3.34. The maximum absolute atomic E-state index is 13.1. The summed E-state index contributed by atoms with van der Waals surface area (Å²) in [6, 6.07) is 11.6. The lowest BCUT2D eigenvalue weighted by Gasteiger charge is -2.57. The Balaban J connectivity index is 0.929. The number of hydrogen-bond acceptors (Lipinski definition) is 7. The molecule has 10 nitrogen and oxygen atoms in total. The molecule has 0 unspecified atom stereocenters. The van der Waals surface area contributed by atoms with Gasteiger partial charge in [0.2, 0.25) is 0 Å². The molecule has 202 valence electrons. The van der Waals surface area contributed by atoms with E-state index in [4.69, 9.17) is 9.47 Å². The maximum atomic E-state index is 13.1. The largest absolute Gasteiger partial charge is 0.492 e. The fourth-order valence-electron chi connectivity index (χ4n) is 6.64. The summed E-state index contributed by atoms with van der Waals surface area (Å²) in [6.07, 6.45) is 7.48. The van der Waals surface area contributed by atoms with Gasteiger partial charge in [0.15, 0.2) is 0 Å². The van der Waals surface area contributed by atoms with Crippen molar-refractivity contribution in [1.82, 2.24) is 29.8 Å². The fraction of sp³-hybridized carbons (Fsp3) is 0.448. The van der Waals surface area contributed by atoms with Gasteiger partial charge >= 0.3 is 0 Å². The Hall–Kier alpha value is -3.76. The number of ether oxygens (including phenoxy) is 2. The van der Waals surface area contributed by atoms with Crippen LogP contribution >= 0.6 is 0 Å². The first kappa shape index (κ1) is 24.3. The molecule has 4 aromatic rings. The van der Waals surface area contributed by atoms with Crippen molar-refractivity contribution in [2.24, 2.45) is 5.41 Å². The number of H-pyrrole nitrogens is 1. The quantitative estimate of drug-likeness (QED) is 0.379. The predicted molar refractivity (Wildman–Crippen MR) is 145 cm³/mol. The minimum absolute atomic E-state index is 0.104.